The molecule has 1 aliphatic rings. The molecule has 0 radical (unpaired) electrons. The van der Waals surface area contributed by atoms with Crippen molar-refractivity contribution < 1.29 is 18.7 Å². The Bertz CT molecular complexity index is 879. The van der Waals surface area contributed by atoms with Gasteiger partial charge in [0.2, 0.25) is 5.91 Å². The number of carbonyl (C=O) groups is 2. The van der Waals surface area contributed by atoms with Gasteiger partial charge < -0.3 is 15.0 Å². The lowest BCUT2D eigenvalue weighted by Gasteiger charge is -2.31. The second kappa shape index (κ2) is 10.9. The van der Waals surface area contributed by atoms with E-state index < -0.39 is 6.04 Å². The number of hydrogen-bond donors (Lipinski definition) is 1. The minimum Gasteiger partial charge on any atom is -0.484 e. The molecule has 1 aliphatic carbocycles. The summed E-state index contributed by atoms with van der Waals surface area (Å²) in [5.74, 6) is -0.399. The highest BCUT2D eigenvalue weighted by Gasteiger charge is 2.28. The second-order valence-electron chi connectivity index (χ2n) is 8.27. The van der Waals surface area contributed by atoms with Crippen molar-refractivity contribution in [3.63, 3.8) is 0 Å². The number of nitrogens with one attached hydrogen (secondary N) is 1. The average Bonchev–Trinajstić information content (AvgIpc) is 2.77. The molecule has 2 amide bonds. The molecule has 2 aromatic rings. The topological polar surface area (TPSA) is 58.6 Å². The van der Waals surface area contributed by atoms with Crippen LogP contribution < -0.4 is 10.1 Å². The Hall–Kier alpha value is -2.89. The van der Waals surface area contributed by atoms with Gasteiger partial charge in [-0.05, 0) is 56.5 Å². The summed E-state index contributed by atoms with van der Waals surface area (Å²) in [6, 6.07) is 12.9. The number of ether oxygens (including phenoxy) is 1. The van der Waals surface area contributed by atoms with Gasteiger partial charge in [0.15, 0.2) is 6.61 Å². The number of nitrogens with zero attached hydrogens (tertiary/aromatic N) is 1. The largest absolute Gasteiger partial charge is 0.484 e. The first-order chi connectivity index (χ1) is 14.9. The highest BCUT2D eigenvalue weighted by atomic mass is 19.1. The smallest absolute Gasteiger partial charge is 0.261 e. The van der Waals surface area contributed by atoms with Gasteiger partial charge in [0.25, 0.3) is 5.91 Å². The van der Waals surface area contributed by atoms with Crippen LogP contribution in [0.5, 0.6) is 5.75 Å². The first kappa shape index (κ1) is 22.8. The lowest BCUT2D eigenvalue weighted by molar-refractivity contribution is -0.142. The standard InChI is InChI=1S/C25H31FN2O3/c1-18-7-6-8-20(15-18)16-28(19(2)25(30)27-22-9-4-3-5-10-22)24(29)17-31-23-13-11-21(26)12-14-23/h6-8,11-15,19,22H,3-5,9-10,16-17H2,1-2H3,(H,27,30). The fourth-order valence-electron chi connectivity index (χ4n) is 3.92. The van der Waals surface area contributed by atoms with E-state index >= 15 is 0 Å². The monoisotopic (exact) mass is 426 g/mol. The van der Waals surface area contributed by atoms with Gasteiger partial charge >= 0.3 is 0 Å². The van der Waals surface area contributed by atoms with Crippen molar-refractivity contribution in [1.29, 1.82) is 0 Å². The van der Waals surface area contributed by atoms with Crippen LogP contribution in [-0.2, 0) is 16.1 Å². The average molecular weight is 427 g/mol. The summed E-state index contributed by atoms with van der Waals surface area (Å²) in [5.41, 5.74) is 2.04. The van der Waals surface area contributed by atoms with Gasteiger partial charge in [-0.2, -0.15) is 0 Å². The van der Waals surface area contributed by atoms with E-state index in [1.54, 1.807) is 11.8 Å². The first-order valence-electron chi connectivity index (χ1n) is 11.0. The molecule has 31 heavy (non-hydrogen) atoms. The van der Waals surface area contributed by atoms with E-state index in [0.29, 0.717) is 12.3 Å². The zero-order valence-electron chi connectivity index (χ0n) is 18.3. The Labute approximate surface area is 183 Å². The van der Waals surface area contributed by atoms with E-state index in [1.165, 1.54) is 30.7 Å². The zero-order chi connectivity index (χ0) is 22.2. The van der Waals surface area contributed by atoms with Crippen molar-refractivity contribution in [1.82, 2.24) is 10.2 Å². The van der Waals surface area contributed by atoms with Crippen molar-refractivity contribution in [3.05, 3.63) is 65.5 Å². The molecule has 1 N–H and O–H groups in total. The Morgan fingerprint density at radius 2 is 1.84 bits per heavy atom. The van der Waals surface area contributed by atoms with Gasteiger partial charge in [-0.1, -0.05) is 49.1 Å². The molecule has 2 aromatic carbocycles. The normalized spacial score (nSPS) is 15.2. The number of rotatable bonds is 8. The maximum absolute atomic E-state index is 13.1. The molecule has 0 heterocycles. The fourth-order valence-corrected chi connectivity index (χ4v) is 3.92. The summed E-state index contributed by atoms with van der Waals surface area (Å²) in [7, 11) is 0. The summed E-state index contributed by atoms with van der Waals surface area (Å²) < 4.78 is 18.7. The van der Waals surface area contributed by atoms with Crippen molar-refractivity contribution in [2.24, 2.45) is 0 Å². The quantitative estimate of drug-likeness (QED) is 0.682. The molecule has 0 spiro atoms. The third kappa shape index (κ3) is 6.81. The van der Waals surface area contributed by atoms with E-state index in [2.05, 4.69) is 5.32 Å². The van der Waals surface area contributed by atoms with Crippen LogP contribution in [-0.4, -0.2) is 35.4 Å². The molecular formula is C25H31FN2O3. The van der Waals surface area contributed by atoms with Crippen LogP contribution in [0.3, 0.4) is 0 Å². The van der Waals surface area contributed by atoms with Crippen molar-refractivity contribution in [2.75, 3.05) is 6.61 Å². The number of hydrogen-bond acceptors (Lipinski definition) is 3. The molecule has 6 heteroatoms. The predicted molar refractivity (Wildman–Crippen MR) is 118 cm³/mol. The van der Waals surface area contributed by atoms with E-state index in [-0.39, 0.29) is 30.3 Å². The minimum atomic E-state index is -0.633. The van der Waals surface area contributed by atoms with Gasteiger partial charge in [0.05, 0.1) is 0 Å². The van der Waals surface area contributed by atoms with Gasteiger partial charge in [-0.25, -0.2) is 4.39 Å². The number of aryl methyl sites for hydroxylation is 1. The van der Waals surface area contributed by atoms with Crippen LogP contribution in [0.2, 0.25) is 0 Å². The minimum absolute atomic E-state index is 0.144. The molecule has 1 fully saturated rings. The molecule has 0 aromatic heterocycles. The van der Waals surface area contributed by atoms with Crippen molar-refractivity contribution in [3.8, 4) is 5.75 Å². The van der Waals surface area contributed by atoms with Gasteiger partial charge in [-0.15, -0.1) is 0 Å². The van der Waals surface area contributed by atoms with E-state index in [9.17, 15) is 14.0 Å². The summed E-state index contributed by atoms with van der Waals surface area (Å²) in [5, 5.41) is 3.12. The number of benzene rings is 2. The summed E-state index contributed by atoms with van der Waals surface area (Å²) in [4.78, 5) is 27.5. The molecule has 0 aliphatic heterocycles. The van der Waals surface area contributed by atoms with Crippen LogP contribution in [0.4, 0.5) is 4.39 Å². The summed E-state index contributed by atoms with van der Waals surface area (Å²) in [6.45, 7) is 3.83. The molecule has 1 atom stereocenters. The van der Waals surface area contributed by atoms with E-state index in [0.717, 1.165) is 36.8 Å². The third-order valence-corrected chi connectivity index (χ3v) is 5.73. The number of halogens is 1. The maximum atomic E-state index is 13.1. The van der Waals surface area contributed by atoms with Gasteiger partial charge in [-0.3, -0.25) is 9.59 Å². The van der Waals surface area contributed by atoms with Crippen LogP contribution in [0.25, 0.3) is 0 Å². The lowest BCUT2D eigenvalue weighted by atomic mass is 9.95. The predicted octanol–water partition coefficient (Wildman–Crippen LogP) is 4.38. The Balaban J connectivity index is 1.70. The first-order valence-corrected chi connectivity index (χ1v) is 11.0. The second-order valence-corrected chi connectivity index (χ2v) is 8.27. The zero-order valence-corrected chi connectivity index (χ0v) is 18.3. The van der Waals surface area contributed by atoms with E-state index in [1.807, 2.05) is 31.2 Å². The maximum Gasteiger partial charge on any atom is 0.261 e. The summed E-state index contributed by atoms with van der Waals surface area (Å²) in [6.07, 6.45) is 5.42. The van der Waals surface area contributed by atoms with Crippen LogP contribution in [0, 0.1) is 12.7 Å². The van der Waals surface area contributed by atoms with E-state index in [4.69, 9.17) is 4.74 Å². The van der Waals surface area contributed by atoms with Crippen LogP contribution in [0.15, 0.2) is 48.5 Å². The molecule has 0 saturated heterocycles. The van der Waals surface area contributed by atoms with Gasteiger partial charge in [0.1, 0.15) is 17.6 Å². The SMILES string of the molecule is Cc1cccc(CN(C(=O)COc2ccc(F)cc2)C(C)C(=O)NC2CCCCC2)c1. The van der Waals surface area contributed by atoms with Crippen molar-refractivity contribution in [2.45, 2.75) is 64.6 Å². The Morgan fingerprint density at radius 1 is 1.13 bits per heavy atom. The lowest BCUT2D eigenvalue weighted by Crippen LogP contribution is -2.51. The molecule has 1 saturated carbocycles. The molecule has 5 nitrogen and oxygen atoms in total. The Kier molecular flexibility index (Phi) is 8.04. The highest BCUT2D eigenvalue weighted by Crippen LogP contribution is 2.19. The number of amides is 2. The molecular weight excluding hydrogens is 395 g/mol. The summed E-state index contributed by atoms with van der Waals surface area (Å²) >= 11 is 0. The molecule has 166 valence electrons. The van der Waals surface area contributed by atoms with Gasteiger partial charge in [0, 0.05) is 12.6 Å². The van der Waals surface area contributed by atoms with Crippen molar-refractivity contribution >= 4 is 11.8 Å². The molecule has 1 unspecified atom stereocenters. The van der Waals surface area contributed by atoms with Crippen LogP contribution >= 0.6 is 0 Å². The molecule has 3 rings (SSSR count). The Morgan fingerprint density at radius 3 is 2.52 bits per heavy atom. The highest BCUT2D eigenvalue weighted by molar-refractivity contribution is 5.88. The van der Waals surface area contributed by atoms with Crippen LogP contribution in [0.1, 0.15) is 50.2 Å². The fraction of sp³-hybridized carbons (Fsp3) is 0.440. The molecule has 0 bridgehead atoms. The number of carbonyl (C=O) groups excluding carboxylic acids is 2. The third-order valence-electron chi connectivity index (χ3n) is 5.73.